The number of hydrogen-bond acceptors (Lipinski definition) is 3. The third-order valence-electron chi connectivity index (χ3n) is 3.15. The van der Waals surface area contributed by atoms with Gasteiger partial charge in [-0.25, -0.2) is 4.79 Å². The molecule has 1 amide bonds. The van der Waals surface area contributed by atoms with Crippen LogP contribution in [0.5, 0.6) is 0 Å². The molecule has 1 unspecified atom stereocenters. The van der Waals surface area contributed by atoms with Crippen molar-refractivity contribution in [3.05, 3.63) is 49.2 Å². The zero-order chi connectivity index (χ0) is 15.9. The van der Waals surface area contributed by atoms with Crippen LogP contribution >= 0.6 is 0 Å². The summed E-state index contributed by atoms with van der Waals surface area (Å²) in [6, 6.07) is 8.50. The van der Waals surface area contributed by atoms with Crippen molar-refractivity contribution in [2.45, 2.75) is 12.6 Å². The van der Waals surface area contributed by atoms with Crippen molar-refractivity contribution in [1.29, 1.82) is 0 Å². The van der Waals surface area contributed by atoms with E-state index >= 15 is 0 Å². The number of aliphatic carboxylic acids is 1. The van der Waals surface area contributed by atoms with Gasteiger partial charge < -0.3 is 19.7 Å². The Morgan fingerprint density at radius 3 is 2.86 bits per heavy atom. The molecule has 0 spiro atoms. The van der Waals surface area contributed by atoms with Crippen LogP contribution in [0.2, 0.25) is 0 Å². The molecule has 1 atom stereocenters. The van der Waals surface area contributed by atoms with Crippen LogP contribution in [0.3, 0.4) is 0 Å². The summed E-state index contributed by atoms with van der Waals surface area (Å²) < 4.78 is 6.86. The summed E-state index contributed by atoms with van der Waals surface area (Å²) in [5.74, 6) is -1.51. The second-order valence-corrected chi connectivity index (χ2v) is 4.79. The zero-order valence-corrected chi connectivity index (χ0v) is 12.1. The summed E-state index contributed by atoms with van der Waals surface area (Å²) in [4.78, 5) is 23.1. The number of rotatable bonds is 8. The van der Waals surface area contributed by atoms with Crippen molar-refractivity contribution in [2.75, 3.05) is 13.2 Å². The van der Waals surface area contributed by atoms with Crippen LogP contribution < -0.4 is 5.32 Å². The number of amides is 1. The minimum Gasteiger partial charge on any atom is -0.480 e. The van der Waals surface area contributed by atoms with E-state index in [0.29, 0.717) is 0 Å². The van der Waals surface area contributed by atoms with Gasteiger partial charge in [-0.3, -0.25) is 4.79 Å². The summed E-state index contributed by atoms with van der Waals surface area (Å²) in [6.45, 7) is 3.67. The molecule has 2 rings (SSSR count). The Kier molecular flexibility index (Phi) is 5.32. The average Bonchev–Trinajstić information content (AvgIpc) is 2.89. The van der Waals surface area contributed by atoms with E-state index in [0.717, 1.165) is 10.9 Å². The lowest BCUT2D eigenvalue weighted by molar-refractivity contribution is -0.143. The van der Waals surface area contributed by atoms with Gasteiger partial charge in [0.05, 0.1) is 13.2 Å². The van der Waals surface area contributed by atoms with Gasteiger partial charge in [-0.1, -0.05) is 24.3 Å². The van der Waals surface area contributed by atoms with E-state index in [1.165, 1.54) is 6.08 Å². The molecule has 116 valence electrons. The SMILES string of the molecule is C=CCOCC(NC(=O)Cn1ccc2ccccc21)C(=O)O. The maximum atomic E-state index is 12.0. The molecule has 0 radical (unpaired) electrons. The molecule has 6 nitrogen and oxygen atoms in total. The number of ether oxygens (including phenoxy) is 1. The van der Waals surface area contributed by atoms with E-state index in [-0.39, 0.29) is 25.7 Å². The van der Waals surface area contributed by atoms with Crippen molar-refractivity contribution < 1.29 is 19.4 Å². The van der Waals surface area contributed by atoms with E-state index in [1.807, 2.05) is 30.3 Å². The molecule has 6 heteroatoms. The second kappa shape index (κ2) is 7.42. The highest BCUT2D eigenvalue weighted by molar-refractivity contribution is 5.86. The molecule has 2 aromatic rings. The summed E-state index contributed by atoms with van der Waals surface area (Å²) in [5.41, 5.74) is 0.924. The fourth-order valence-corrected chi connectivity index (χ4v) is 2.12. The molecule has 0 saturated heterocycles. The molecule has 1 heterocycles. The summed E-state index contributed by atoms with van der Waals surface area (Å²) in [6.07, 6.45) is 3.32. The van der Waals surface area contributed by atoms with Crippen molar-refractivity contribution in [1.82, 2.24) is 9.88 Å². The van der Waals surface area contributed by atoms with Gasteiger partial charge in [0, 0.05) is 11.7 Å². The third-order valence-corrected chi connectivity index (χ3v) is 3.15. The van der Waals surface area contributed by atoms with E-state index in [4.69, 9.17) is 9.84 Å². The van der Waals surface area contributed by atoms with Gasteiger partial charge in [0.15, 0.2) is 6.04 Å². The van der Waals surface area contributed by atoms with Gasteiger partial charge in [0.25, 0.3) is 0 Å². The molecule has 0 aliphatic heterocycles. The van der Waals surface area contributed by atoms with Crippen LogP contribution in [-0.4, -0.2) is 40.8 Å². The number of nitrogens with zero attached hydrogens (tertiary/aromatic N) is 1. The zero-order valence-electron chi connectivity index (χ0n) is 12.1. The molecule has 0 saturated carbocycles. The van der Waals surface area contributed by atoms with Gasteiger partial charge in [-0.05, 0) is 17.5 Å². The van der Waals surface area contributed by atoms with Crippen LogP contribution in [-0.2, 0) is 20.9 Å². The van der Waals surface area contributed by atoms with Gasteiger partial charge >= 0.3 is 5.97 Å². The topological polar surface area (TPSA) is 80.6 Å². The van der Waals surface area contributed by atoms with Crippen molar-refractivity contribution in [3.63, 3.8) is 0 Å². The van der Waals surface area contributed by atoms with E-state index in [1.54, 1.807) is 10.8 Å². The number of carboxylic acids is 1. The van der Waals surface area contributed by atoms with Gasteiger partial charge in [-0.15, -0.1) is 6.58 Å². The monoisotopic (exact) mass is 302 g/mol. The lowest BCUT2D eigenvalue weighted by Crippen LogP contribution is -2.45. The van der Waals surface area contributed by atoms with Crippen LogP contribution in [0.25, 0.3) is 10.9 Å². The standard InChI is InChI=1S/C16H18N2O4/c1-2-9-22-11-13(16(20)21)17-15(19)10-18-8-7-12-5-3-4-6-14(12)18/h2-8,13H,1,9-11H2,(H,17,19)(H,20,21). The van der Waals surface area contributed by atoms with Crippen molar-refractivity contribution in [2.24, 2.45) is 0 Å². The van der Waals surface area contributed by atoms with E-state index in [9.17, 15) is 9.59 Å². The second-order valence-electron chi connectivity index (χ2n) is 4.79. The molecular weight excluding hydrogens is 284 g/mol. The summed E-state index contributed by atoms with van der Waals surface area (Å²) in [7, 11) is 0. The number of aromatic nitrogens is 1. The quantitative estimate of drug-likeness (QED) is 0.571. The van der Waals surface area contributed by atoms with Crippen LogP contribution in [0.1, 0.15) is 0 Å². The highest BCUT2D eigenvalue weighted by Crippen LogP contribution is 2.14. The number of para-hydroxylation sites is 1. The Labute approximate surface area is 128 Å². The first-order chi connectivity index (χ1) is 10.6. The fourth-order valence-electron chi connectivity index (χ4n) is 2.12. The van der Waals surface area contributed by atoms with Crippen LogP contribution in [0, 0.1) is 0 Å². The Morgan fingerprint density at radius 1 is 1.36 bits per heavy atom. The lowest BCUT2D eigenvalue weighted by atomic mass is 10.2. The molecule has 22 heavy (non-hydrogen) atoms. The highest BCUT2D eigenvalue weighted by atomic mass is 16.5. The first kappa shape index (κ1) is 15.8. The van der Waals surface area contributed by atoms with E-state index < -0.39 is 12.0 Å². The first-order valence-electron chi connectivity index (χ1n) is 6.86. The molecule has 2 N–H and O–H groups in total. The fraction of sp³-hybridized carbons (Fsp3) is 0.250. The number of nitrogens with one attached hydrogen (secondary N) is 1. The molecule has 0 aliphatic carbocycles. The number of carbonyl (C=O) groups excluding carboxylic acids is 1. The van der Waals surface area contributed by atoms with Crippen LogP contribution in [0.4, 0.5) is 0 Å². The molecular formula is C16H18N2O4. The predicted molar refractivity (Wildman–Crippen MR) is 82.5 cm³/mol. The smallest absolute Gasteiger partial charge is 0.328 e. The summed E-state index contributed by atoms with van der Waals surface area (Å²) in [5, 5.41) is 12.6. The molecule has 1 aromatic carbocycles. The van der Waals surface area contributed by atoms with E-state index in [2.05, 4.69) is 11.9 Å². The van der Waals surface area contributed by atoms with Gasteiger partial charge in [-0.2, -0.15) is 0 Å². The summed E-state index contributed by atoms with van der Waals surface area (Å²) >= 11 is 0. The Bertz CT molecular complexity index is 678. The normalized spacial score (nSPS) is 12.0. The number of carboxylic acid groups (broad SMARTS) is 1. The number of benzene rings is 1. The Morgan fingerprint density at radius 2 is 2.14 bits per heavy atom. The number of fused-ring (bicyclic) bond motifs is 1. The lowest BCUT2D eigenvalue weighted by Gasteiger charge is -2.15. The largest absolute Gasteiger partial charge is 0.480 e. The van der Waals surface area contributed by atoms with Gasteiger partial charge in [0.2, 0.25) is 5.91 Å². The Balaban J connectivity index is 1.98. The molecule has 0 fully saturated rings. The van der Waals surface area contributed by atoms with Gasteiger partial charge in [0.1, 0.15) is 6.54 Å². The minimum absolute atomic E-state index is 0.0543. The van der Waals surface area contributed by atoms with Crippen molar-refractivity contribution >= 4 is 22.8 Å². The first-order valence-corrected chi connectivity index (χ1v) is 6.86. The molecule has 0 bridgehead atoms. The third kappa shape index (κ3) is 3.95. The predicted octanol–water partition coefficient (Wildman–Crippen LogP) is 1.41. The maximum absolute atomic E-state index is 12.0. The highest BCUT2D eigenvalue weighted by Gasteiger charge is 2.20. The molecule has 0 aliphatic rings. The number of hydrogen-bond donors (Lipinski definition) is 2. The van der Waals surface area contributed by atoms with Crippen molar-refractivity contribution in [3.8, 4) is 0 Å². The molecule has 1 aromatic heterocycles. The number of carbonyl (C=O) groups is 2. The van der Waals surface area contributed by atoms with Crippen LogP contribution in [0.15, 0.2) is 49.2 Å². The maximum Gasteiger partial charge on any atom is 0.328 e. The Hall–Kier alpha value is -2.60. The average molecular weight is 302 g/mol. The minimum atomic E-state index is -1.13.